The first-order valence-corrected chi connectivity index (χ1v) is 10.5. The van der Waals surface area contributed by atoms with Gasteiger partial charge in [-0.1, -0.05) is 28.8 Å². The standard InChI is InChI=1S/C21H14ClF6N3O6/c1-34-17-10(3-2-4-13(17)36-20(23,24)25)16-11-7-9(22)5-6-12(11)31-18(14(35-16)8-15(32)33)29-30-19(31)37-21(26,27)28/h2-7,14,16H,8H2,1H3,(H,32,33). The van der Waals surface area contributed by atoms with Crippen molar-refractivity contribution in [1.82, 2.24) is 14.8 Å². The van der Waals surface area contributed by atoms with Crippen LogP contribution in [-0.2, 0) is 9.53 Å². The number of alkyl halides is 6. The summed E-state index contributed by atoms with van der Waals surface area (Å²) in [7, 11) is 1.07. The van der Waals surface area contributed by atoms with Gasteiger partial charge in [0.05, 0.1) is 19.2 Å². The molecule has 37 heavy (non-hydrogen) atoms. The first-order chi connectivity index (χ1) is 17.3. The van der Waals surface area contributed by atoms with Crippen molar-refractivity contribution in [2.45, 2.75) is 31.4 Å². The topological polar surface area (TPSA) is 105 Å². The summed E-state index contributed by atoms with van der Waals surface area (Å²) in [5, 5.41) is 16.5. The van der Waals surface area contributed by atoms with Gasteiger partial charge in [-0.15, -0.1) is 31.4 Å². The number of methoxy groups -OCH3 is 1. The highest BCUT2D eigenvalue weighted by atomic mass is 35.5. The highest BCUT2D eigenvalue weighted by Gasteiger charge is 2.41. The number of nitrogens with zero attached hydrogens (tertiary/aromatic N) is 3. The fourth-order valence-corrected chi connectivity index (χ4v) is 4.01. The summed E-state index contributed by atoms with van der Waals surface area (Å²) in [6.45, 7) is 0. The van der Waals surface area contributed by atoms with Crippen LogP contribution in [0.4, 0.5) is 26.3 Å². The Balaban J connectivity index is 1.97. The molecule has 1 aromatic heterocycles. The van der Waals surface area contributed by atoms with Crippen molar-refractivity contribution < 1.29 is 55.2 Å². The van der Waals surface area contributed by atoms with E-state index in [0.29, 0.717) is 0 Å². The molecule has 0 spiro atoms. The SMILES string of the molecule is COc1c(OC(F)(F)F)cccc1C1OC(CC(=O)O)c2nnc(OC(F)(F)F)n2-c2ccc(Cl)cc21. The molecule has 0 saturated carbocycles. The van der Waals surface area contributed by atoms with Crippen molar-refractivity contribution in [2.24, 2.45) is 0 Å². The Hall–Kier alpha value is -3.72. The Morgan fingerprint density at radius 3 is 2.41 bits per heavy atom. The van der Waals surface area contributed by atoms with Crippen molar-refractivity contribution in [3.8, 4) is 23.2 Å². The minimum Gasteiger partial charge on any atom is -0.492 e. The number of fused-ring (bicyclic) bond motifs is 3. The summed E-state index contributed by atoms with van der Waals surface area (Å²) in [4.78, 5) is 11.6. The van der Waals surface area contributed by atoms with Crippen LogP contribution >= 0.6 is 11.6 Å². The lowest BCUT2D eigenvalue weighted by atomic mass is 9.98. The van der Waals surface area contributed by atoms with Crippen molar-refractivity contribution >= 4 is 17.6 Å². The van der Waals surface area contributed by atoms with Crippen LogP contribution in [0.1, 0.15) is 35.6 Å². The molecule has 9 nitrogen and oxygen atoms in total. The quantitative estimate of drug-likeness (QED) is 0.407. The molecule has 0 aliphatic carbocycles. The van der Waals surface area contributed by atoms with E-state index in [9.17, 15) is 36.2 Å². The van der Waals surface area contributed by atoms with Crippen LogP contribution in [0.5, 0.6) is 17.5 Å². The second kappa shape index (κ2) is 9.63. The number of hydrogen-bond acceptors (Lipinski definition) is 7. The molecule has 0 saturated heterocycles. The predicted octanol–water partition coefficient (Wildman–Crippen LogP) is 5.36. The van der Waals surface area contributed by atoms with Crippen LogP contribution in [0.15, 0.2) is 36.4 Å². The summed E-state index contributed by atoms with van der Waals surface area (Å²) in [5.74, 6) is -2.94. The fraction of sp³-hybridized carbons (Fsp3) is 0.286. The lowest BCUT2D eigenvalue weighted by Crippen LogP contribution is -2.20. The predicted molar refractivity (Wildman–Crippen MR) is 111 cm³/mol. The molecule has 3 aromatic rings. The number of halogens is 7. The highest BCUT2D eigenvalue weighted by molar-refractivity contribution is 6.30. The van der Waals surface area contributed by atoms with E-state index in [1.54, 1.807) is 0 Å². The number of carbonyl (C=O) groups is 1. The van der Waals surface area contributed by atoms with Crippen molar-refractivity contribution in [2.75, 3.05) is 7.11 Å². The van der Waals surface area contributed by atoms with Crippen LogP contribution < -0.4 is 14.2 Å². The number of carboxylic acid groups (broad SMARTS) is 1. The van der Waals surface area contributed by atoms with Gasteiger partial charge in [0.1, 0.15) is 12.2 Å². The van der Waals surface area contributed by atoms with Crippen LogP contribution in [0, 0.1) is 0 Å². The third-order valence-electron chi connectivity index (χ3n) is 5.05. The molecule has 2 unspecified atom stereocenters. The molecule has 0 fully saturated rings. The zero-order valence-corrected chi connectivity index (χ0v) is 19.1. The number of hydrogen-bond donors (Lipinski definition) is 1. The number of rotatable bonds is 6. The van der Waals surface area contributed by atoms with Gasteiger partial charge in [0.15, 0.2) is 17.3 Å². The van der Waals surface area contributed by atoms with E-state index in [2.05, 4.69) is 19.7 Å². The largest absolute Gasteiger partial charge is 0.575 e. The van der Waals surface area contributed by atoms with Gasteiger partial charge >= 0.3 is 24.7 Å². The maximum Gasteiger partial charge on any atom is 0.575 e. The van der Waals surface area contributed by atoms with Crippen LogP contribution in [0.3, 0.4) is 0 Å². The fourth-order valence-electron chi connectivity index (χ4n) is 3.82. The minimum absolute atomic E-state index is 0.0240. The molecule has 2 aromatic carbocycles. The molecular formula is C21H14ClF6N3O6. The Kier molecular flexibility index (Phi) is 6.85. The molecule has 0 amide bonds. The van der Waals surface area contributed by atoms with Crippen LogP contribution in [0.25, 0.3) is 5.69 Å². The van der Waals surface area contributed by atoms with Crippen molar-refractivity contribution in [1.29, 1.82) is 0 Å². The number of para-hydroxylation sites is 1. The Morgan fingerprint density at radius 2 is 1.78 bits per heavy atom. The molecule has 1 aliphatic rings. The molecule has 0 radical (unpaired) electrons. The third-order valence-corrected chi connectivity index (χ3v) is 5.28. The highest BCUT2D eigenvalue weighted by Crippen LogP contribution is 2.47. The Morgan fingerprint density at radius 1 is 1.08 bits per heavy atom. The van der Waals surface area contributed by atoms with Gasteiger partial charge in [-0.2, -0.15) is 0 Å². The lowest BCUT2D eigenvalue weighted by Gasteiger charge is -2.25. The van der Waals surface area contributed by atoms with Crippen LogP contribution in [0.2, 0.25) is 5.02 Å². The average molecular weight is 554 g/mol. The Labute approximate surface area is 208 Å². The smallest absolute Gasteiger partial charge is 0.492 e. The summed E-state index contributed by atoms with van der Waals surface area (Å²) < 4.78 is 98.2. The second-order valence-corrected chi connectivity index (χ2v) is 7.89. The zero-order valence-electron chi connectivity index (χ0n) is 18.3. The van der Waals surface area contributed by atoms with E-state index in [4.69, 9.17) is 21.1 Å². The van der Waals surface area contributed by atoms with Gasteiger partial charge in [0.25, 0.3) is 0 Å². The normalized spacial score (nSPS) is 17.4. The van der Waals surface area contributed by atoms with Gasteiger partial charge < -0.3 is 24.1 Å². The average Bonchev–Trinajstić information content (AvgIpc) is 3.11. The molecular weight excluding hydrogens is 540 g/mol. The van der Waals surface area contributed by atoms with Gasteiger partial charge in [0, 0.05) is 16.1 Å². The van der Waals surface area contributed by atoms with Gasteiger partial charge in [0.2, 0.25) is 0 Å². The lowest BCUT2D eigenvalue weighted by molar-refractivity contribution is -0.278. The van der Waals surface area contributed by atoms with E-state index in [1.807, 2.05) is 0 Å². The number of aliphatic carboxylic acids is 1. The van der Waals surface area contributed by atoms with E-state index < -0.39 is 54.8 Å². The van der Waals surface area contributed by atoms with Crippen LogP contribution in [-0.4, -0.2) is 45.7 Å². The number of ether oxygens (including phenoxy) is 4. The number of carboxylic acids is 1. The monoisotopic (exact) mass is 553 g/mol. The van der Waals surface area contributed by atoms with E-state index in [-0.39, 0.29) is 27.7 Å². The van der Waals surface area contributed by atoms with E-state index >= 15 is 0 Å². The first-order valence-electron chi connectivity index (χ1n) is 10.1. The molecule has 2 heterocycles. The third kappa shape index (κ3) is 5.67. The second-order valence-electron chi connectivity index (χ2n) is 7.46. The molecule has 0 bridgehead atoms. The maximum atomic E-state index is 13.1. The van der Waals surface area contributed by atoms with Gasteiger partial charge in [-0.3, -0.25) is 4.79 Å². The van der Waals surface area contributed by atoms with Gasteiger partial charge in [-0.25, -0.2) is 4.57 Å². The van der Waals surface area contributed by atoms with Crippen molar-refractivity contribution in [3.05, 3.63) is 58.4 Å². The number of benzene rings is 2. The summed E-state index contributed by atoms with van der Waals surface area (Å²) in [5.41, 5.74) is -0.109. The number of aromatic nitrogens is 3. The van der Waals surface area contributed by atoms with Crippen molar-refractivity contribution in [3.63, 3.8) is 0 Å². The zero-order chi connectivity index (χ0) is 27.1. The Bertz CT molecular complexity index is 1330. The van der Waals surface area contributed by atoms with E-state index in [1.165, 1.54) is 30.3 Å². The molecule has 4 rings (SSSR count). The van der Waals surface area contributed by atoms with E-state index in [0.717, 1.165) is 17.7 Å². The molecule has 1 N–H and O–H groups in total. The summed E-state index contributed by atoms with van der Waals surface area (Å²) >= 11 is 6.14. The molecule has 2 atom stereocenters. The summed E-state index contributed by atoms with van der Waals surface area (Å²) in [6.07, 6.45) is -14.0. The molecule has 1 aliphatic heterocycles. The maximum absolute atomic E-state index is 13.1. The molecule has 16 heteroatoms. The minimum atomic E-state index is -5.18. The van der Waals surface area contributed by atoms with Gasteiger partial charge in [-0.05, 0) is 24.3 Å². The molecule has 198 valence electrons. The first kappa shape index (κ1) is 26.3. The summed E-state index contributed by atoms with van der Waals surface area (Å²) in [6, 6.07) is 6.31.